The first-order valence-corrected chi connectivity index (χ1v) is 11.1. The molecule has 0 bridgehead atoms. The molecule has 1 aliphatic rings. The standard InChI is InChI=1S/C22H23N3O4S/c1-30-17-8-4-6-15(12-17)23-20(26)14-24-19-10-3-2-9-18(19)21(27)25(22(24)28)13-16-7-5-11-29-16/h2-4,6,8-10,12,16H,5,7,11,13-14H2,1H3,(H,23,26)/t16-/m0/s1. The van der Waals surface area contributed by atoms with Gasteiger partial charge in [0.1, 0.15) is 6.54 Å². The normalized spacial score (nSPS) is 16.1. The van der Waals surface area contributed by atoms with Crippen LogP contribution in [0.25, 0.3) is 10.9 Å². The fraction of sp³-hybridized carbons (Fsp3) is 0.318. The van der Waals surface area contributed by atoms with Gasteiger partial charge >= 0.3 is 5.69 Å². The number of thioether (sulfide) groups is 1. The number of carbonyl (C=O) groups excluding carboxylic acids is 1. The summed E-state index contributed by atoms with van der Waals surface area (Å²) in [4.78, 5) is 39.9. The molecule has 30 heavy (non-hydrogen) atoms. The van der Waals surface area contributed by atoms with Gasteiger partial charge in [0.2, 0.25) is 5.91 Å². The van der Waals surface area contributed by atoms with Crippen LogP contribution in [-0.2, 0) is 22.6 Å². The van der Waals surface area contributed by atoms with Crippen molar-refractivity contribution in [3.8, 4) is 0 Å². The molecule has 0 radical (unpaired) electrons. The minimum Gasteiger partial charge on any atom is -0.376 e. The third-order valence-corrected chi connectivity index (χ3v) is 5.92. The molecule has 1 aromatic heterocycles. The van der Waals surface area contributed by atoms with Gasteiger partial charge in [0.25, 0.3) is 5.56 Å². The van der Waals surface area contributed by atoms with Crippen LogP contribution in [0.1, 0.15) is 12.8 Å². The Bertz CT molecular complexity index is 1190. The number of ether oxygens (including phenoxy) is 1. The summed E-state index contributed by atoms with van der Waals surface area (Å²) >= 11 is 1.58. The van der Waals surface area contributed by atoms with Gasteiger partial charge in [-0.1, -0.05) is 18.2 Å². The zero-order valence-corrected chi connectivity index (χ0v) is 17.5. The monoisotopic (exact) mass is 425 g/mol. The molecule has 0 spiro atoms. The molecule has 1 atom stereocenters. The van der Waals surface area contributed by atoms with Crippen LogP contribution in [-0.4, -0.2) is 34.0 Å². The van der Waals surface area contributed by atoms with E-state index >= 15 is 0 Å². The number of carbonyl (C=O) groups is 1. The molecular weight excluding hydrogens is 402 g/mol. The second kappa shape index (κ2) is 8.89. The summed E-state index contributed by atoms with van der Waals surface area (Å²) in [6, 6.07) is 14.4. The predicted molar refractivity (Wildman–Crippen MR) is 118 cm³/mol. The molecule has 0 aliphatic carbocycles. The van der Waals surface area contributed by atoms with Crippen molar-refractivity contribution in [1.29, 1.82) is 0 Å². The largest absolute Gasteiger partial charge is 0.376 e. The lowest BCUT2D eigenvalue weighted by molar-refractivity contribution is -0.116. The topological polar surface area (TPSA) is 82.3 Å². The highest BCUT2D eigenvalue weighted by Gasteiger charge is 2.21. The third kappa shape index (κ3) is 4.20. The van der Waals surface area contributed by atoms with Crippen molar-refractivity contribution < 1.29 is 9.53 Å². The van der Waals surface area contributed by atoms with Gasteiger partial charge in [0.05, 0.1) is 23.6 Å². The lowest BCUT2D eigenvalue weighted by Crippen LogP contribution is -2.43. The number of nitrogens with zero attached hydrogens (tertiary/aromatic N) is 2. The molecule has 0 unspecified atom stereocenters. The third-order valence-electron chi connectivity index (χ3n) is 5.20. The molecular formula is C22H23N3O4S. The second-order valence-electron chi connectivity index (χ2n) is 7.22. The number of hydrogen-bond acceptors (Lipinski definition) is 5. The Labute approximate surface area is 177 Å². The van der Waals surface area contributed by atoms with Crippen LogP contribution in [0.4, 0.5) is 5.69 Å². The number of aromatic nitrogens is 2. The van der Waals surface area contributed by atoms with Gasteiger partial charge < -0.3 is 10.1 Å². The summed E-state index contributed by atoms with van der Waals surface area (Å²) in [6.45, 7) is 0.646. The van der Waals surface area contributed by atoms with Crippen molar-refractivity contribution in [2.75, 3.05) is 18.2 Å². The van der Waals surface area contributed by atoms with Crippen LogP contribution in [0.2, 0.25) is 0 Å². The van der Waals surface area contributed by atoms with Crippen LogP contribution >= 0.6 is 11.8 Å². The SMILES string of the molecule is CSc1cccc(NC(=O)Cn2c(=O)n(C[C@@H]3CCCO3)c(=O)c3ccccc32)c1. The van der Waals surface area contributed by atoms with Gasteiger partial charge in [-0.05, 0) is 49.4 Å². The highest BCUT2D eigenvalue weighted by atomic mass is 32.2. The average Bonchev–Trinajstić information content (AvgIpc) is 3.27. The van der Waals surface area contributed by atoms with Crippen LogP contribution in [0.3, 0.4) is 0 Å². The number of amides is 1. The van der Waals surface area contributed by atoms with Crippen molar-refractivity contribution >= 4 is 34.3 Å². The number of hydrogen-bond donors (Lipinski definition) is 1. The fourth-order valence-corrected chi connectivity index (χ4v) is 4.18. The van der Waals surface area contributed by atoms with Crippen molar-refractivity contribution in [3.05, 3.63) is 69.4 Å². The number of benzene rings is 2. The molecule has 1 fully saturated rings. The molecule has 2 aromatic carbocycles. The minimum atomic E-state index is -0.498. The average molecular weight is 426 g/mol. The first-order chi connectivity index (χ1) is 14.6. The molecule has 3 aromatic rings. The van der Waals surface area contributed by atoms with E-state index in [1.807, 2.05) is 24.5 Å². The van der Waals surface area contributed by atoms with Gasteiger partial charge in [-0.25, -0.2) is 4.79 Å². The quantitative estimate of drug-likeness (QED) is 0.614. The second-order valence-corrected chi connectivity index (χ2v) is 8.10. The zero-order chi connectivity index (χ0) is 21.1. The summed E-state index contributed by atoms with van der Waals surface area (Å²) in [5.74, 6) is -0.331. The minimum absolute atomic E-state index is 0.159. The van der Waals surface area contributed by atoms with Crippen LogP contribution in [0.5, 0.6) is 0 Å². The van der Waals surface area contributed by atoms with Crippen molar-refractivity contribution in [2.24, 2.45) is 0 Å². The summed E-state index contributed by atoms with van der Waals surface area (Å²) in [6.07, 6.45) is 3.53. The summed E-state index contributed by atoms with van der Waals surface area (Å²) in [7, 11) is 0. The Morgan fingerprint density at radius 1 is 1.17 bits per heavy atom. The van der Waals surface area contributed by atoms with Gasteiger partial charge in [0, 0.05) is 17.2 Å². The lowest BCUT2D eigenvalue weighted by Gasteiger charge is -2.16. The van der Waals surface area contributed by atoms with E-state index in [-0.39, 0.29) is 30.7 Å². The van der Waals surface area contributed by atoms with Gasteiger partial charge in [-0.3, -0.25) is 18.7 Å². The molecule has 1 amide bonds. The zero-order valence-electron chi connectivity index (χ0n) is 16.7. The molecule has 1 saturated heterocycles. The van der Waals surface area contributed by atoms with Crippen LogP contribution in [0, 0.1) is 0 Å². The van der Waals surface area contributed by atoms with Crippen LogP contribution < -0.4 is 16.6 Å². The van der Waals surface area contributed by atoms with Gasteiger partial charge in [-0.2, -0.15) is 0 Å². The molecule has 7 nitrogen and oxygen atoms in total. The summed E-state index contributed by atoms with van der Waals surface area (Å²) in [5.41, 5.74) is 0.263. The van der Waals surface area contributed by atoms with E-state index in [9.17, 15) is 14.4 Å². The van der Waals surface area contributed by atoms with E-state index in [1.54, 1.807) is 42.1 Å². The number of rotatable bonds is 6. The van der Waals surface area contributed by atoms with Crippen LogP contribution in [0.15, 0.2) is 63.0 Å². The molecule has 4 rings (SSSR count). The lowest BCUT2D eigenvalue weighted by atomic mass is 10.2. The predicted octanol–water partition coefficient (Wildman–Crippen LogP) is 2.70. The van der Waals surface area contributed by atoms with E-state index in [0.717, 1.165) is 17.7 Å². The number of nitrogens with one attached hydrogen (secondary N) is 1. The first-order valence-electron chi connectivity index (χ1n) is 9.84. The molecule has 1 aliphatic heterocycles. The Kier molecular flexibility index (Phi) is 6.06. The Balaban J connectivity index is 1.69. The molecule has 1 N–H and O–H groups in total. The Hall–Kier alpha value is -2.84. The maximum atomic E-state index is 13.2. The molecule has 2 heterocycles. The summed E-state index contributed by atoms with van der Waals surface area (Å²) < 4.78 is 8.17. The molecule has 0 saturated carbocycles. The van der Waals surface area contributed by atoms with Crippen molar-refractivity contribution in [1.82, 2.24) is 9.13 Å². The maximum absolute atomic E-state index is 13.2. The molecule has 8 heteroatoms. The highest BCUT2D eigenvalue weighted by molar-refractivity contribution is 7.98. The van der Waals surface area contributed by atoms with Gasteiger partial charge in [0.15, 0.2) is 0 Å². The van der Waals surface area contributed by atoms with Gasteiger partial charge in [-0.15, -0.1) is 11.8 Å². The van der Waals surface area contributed by atoms with E-state index in [2.05, 4.69) is 5.32 Å². The fourth-order valence-electron chi connectivity index (χ4n) is 3.72. The summed E-state index contributed by atoms with van der Waals surface area (Å²) in [5, 5.41) is 3.25. The van der Waals surface area contributed by atoms with E-state index in [1.165, 1.54) is 9.13 Å². The number of anilines is 1. The van der Waals surface area contributed by atoms with E-state index in [0.29, 0.717) is 23.2 Å². The molecule has 156 valence electrons. The Morgan fingerprint density at radius 3 is 2.77 bits per heavy atom. The van der Waals surface area contributed by atoms with E-state index < -0.39 is 5.69 Å². The smallest absolute Gasteiger partial charge is 0.332 e. The van der Waals surface area contributed by atoms with Crippen molar-refractivity contribution in [3.63, 3.8) is 0 Å². The van der Waals surface area contributed by atoms with Crippen molar-refractivity contribution in [2.45, 2.75) is 36.9 Å². The maximum Gasteiger partial charge on any atom is 0.332 e. The highest BCUT2D eigenvalue weighted by Crippen LogP contribution is 2.19. The number of fused-ring (bicyclic) bond motifs is 1. The first kappa shape index (κ1) is 20.4. The Morgan fingerprint density at radius 2 is 2.00 bits per heavy atom. The number of para-hydroxylation sites is 1. The van der Waals surface area contributed by atoms with E-state index in [4.69, 9.17) is 4.74 Å².